The fraction of sp³-hybridized carbons (Fsp3) is 0.278. The highest BCUT2D eigenvalue weighted by molar-refractivity contribution is 5.99. The molecule has 0 aliphatic heterocycles. The molecule has 2 N–H and O–H groups in total. The van der Waals surface area contributed by atoms with Crippen LogP contribution in [0, 0.1) is 0 Å². The van der Waals surface area contributed by atoms with Crippen molar-refractivity contribution in [3.63, 3.8) is 0 Å². The van der Waals surface area contributed by atoms with Crippen LogP contribution in [0.2, 0.25) is 0 Å². The number of amides is 3. The second-order valence-electron chi connectivity index (χ2n) is 5.73. The van der Waals surface area contributed by atoms with Crippen LogP contribution < -0.4 is 10.6 Å². The molecular formula is C18H20N2O4. The molecule has 2 rings (SSSR count). The van der Waals surface area contributed by atoms with Crippen molar-refractivity contribution >= 4 is 28.7 Å². The Morgan fingerprint density at radius 2 is 1.62 bits per heavy atom. The third-order valence-corrected chi connectivity index (χ3v) is 3.29. The van der Waals surface area contributed by atoms with E-state index < -0.39 is 24.0 Å². The van der Waals surface area contributed by atoms with Crippen molar-refractivity contribution < 1.29 is 19.1 Å². The van der Waals surface area contributed by atoms with E-state index in [9.17, 15) is 14.4 Å². The smallest absolute Gasteiger partial charge is 0.338 e. The Bertz CT molecular complexity index is 770. The molecule has 1 atom stereocenters. The van der Waals surface area contributed by atoms with Gasteiger partial charge in [-0.3, -0.25) is 10.1 Å². The number of ether oxygens (including phenoxy) is 1. The van der Waals surface area contributed by atoms with Gasteiger partial charge < -0.3 is 10.1 Å². The van der Waals surface area contributed by atoms with Crippen LogP contribution in [0.5, 0.6) is 0 Å². The van der Waals surface area contributed by atoms with Gasteiger partial charge in [0.05, 0.1) is 5.56 Å². The minimum Gasteiger partial charge on any atom is -0.449 e. The molecule has 0 radical (unpaired) electrons. The molecule has 0 fully saturated rings. The van der Waals surface area contributed by atoms with Crippen molar-refractivity contribution in [2.45, 2.75) is 32.9 Å². The van der Waals surface area contributed by atoms with Gasteiger partial charge in [0.2, 0.25) is 0 Å². The topological polar surface area (TPSA) is 84.5 Å². The van der Waals surface area contributed by atoms with E-state index in [4.69, 9.17) is 4.74 Å². The Kier molecular flexibility index (Phi) is 5.52. The van der Waals surface area contributed by atoms with Crippen LogP contribution in [0.3, 0.4) is 0 Å². The van der Waals surface area contributed by atoms with Gasteiger partial charge >= 0.3 is 12.0 Å². The fourth-order valence-electron chi connectivity index (χ4n) is 2.11. The molecule has 2 aromatic rings. The summed E-state index contributed by atoms with van der Waals surface area (Å²) >= 11 is 0. The van der Waals surface area contributed by atoms with Gasteiger partial charge in [0.25, 0.3) is 5.91 Å². The fourth-order valence-corrected chi connectivity index (χ4v) is 2.11. The van der Waals surface area contributed by atoms with Gasteiger partial charge in [0, 0.05) is 6.04 Å². The Morgan fingerprint density at radius 3 is 2.29 bits per heavy atom. The first-order valence-electron chi connectivity index (χ1n) is 7.68. The van der Waals surface area contributed by atoms with Gasteiger partial charge in [-0.05, 0) is 43.7 Å². The number of nitrogens with one attached hydrogen (secondary N) is 2. The van der Waals surface area contributed by atoms with Crippen molar-refractivity contribution in [1.82, 2.24) is 10.6 Å². The van der Waals surface area contributed by atoms with E-state index in [-0.39, 0.29) is 6.04 Å². The maximum absolute atomic E-state index is 12.2. The predicted octanol–water partition coefficient (Wildman–Crippen LogP) is 2.62. The lowest BCUT2D eigenvalue weighted by molar-refractivity contribution is -0.127. The normalized spacial score (nSPS) is 11.8. The maximum atomic E-state index is 12.2. The third-order valence-electron chi connectivity index (χ3n) is 3.29. The lowest BCUT2D eigenvalue weighted by atomic mass is 10.1. The molecule has 0 aliphatic carbocycles. The molecule has 24 heavy (non-hydrogen) atoms. The molecule has 0 saturated heterocycles. The average molecular weight is 328 g/mol. The summed E-state index contributed by atoms with van der Waals surface area (Å²) in [7, 11) is 0. The first-order valence-corrected chi connectivity index (χ1v) is 7.68. The van der Waals surface area contributed by atoms with E-state index in [1.807, 2.05) is 30.3 Å². The zero-order valence-electron chi connectivity index (χ0n) is 13.8. The molecule has 0 bridgehead atoms. The summed E-state index contributed by atoms with van der Waals surface area (Å²) in [5, 5.41) is 6.56. The lowest BCUT2D eigenvalue weighted by Crippen LogP contribution is -2.46. The van der Waals surface area contributed by atoms with Crippen molar-refractivity contribution in [2.24, 2.45) is 0 Å². The summed E-state index contributed by atoms with van der Waals surface area (Å²) in [6.07, 6.45) is -1.08. The molecule has 126 valence electrons. The summed E-state index contributed by atoms with van der Waals surface area (Å²) in [6.45, 7) is 4.96. The Labute approximate surface area is 140 Å². The quantitative estimate of drug-likeness (QED) is 0.845. The number of hydrogen-bond donors (Lipinski definition) is 2. The molecule has 2 aromatic carbocycles. The first-order chi connectivity index (χ1) is 11.4. The second-order valence-corrected chi connectivity index (χ2v) is 5.73. The zero-order valence-corrected chi connectivity index (χ0v) is 13.8. The third kappa shape index (κ3) is 4.55. The van der Waals surface area contributed by atoms with Crippen molar-refractivity contribution in [2.75, 3.05) is 0 Å². The van der Waals surface area contributed by atoms with E-state index in [0.717, 1.165) is 10.8 Å². The molecule has 0 spiro atoms. The van der Waals surface area contributed by atoms with Crippen LogP contribution in [-0.4, -0.2) is 30.1 Å². The summed E-state index contributed by atoms with van der Waals surface area (Å²) in [5.41, 5.74) is 0.347. The highest BCUT2D eigenvalue weighted by Gasteiger charge is 2.21. The molecule has 0 aliphatic rings. The minimum atomic E-state index is -1.08. The summed E-state index contributed by atoms with van der Waals surface area (Å²) in [4.78, 5) is 35.5. The predicted molar refractivity (Wildman–Crippen MR) is 90.6 cm³/mol. The standard InChI is InChI=1S/C18H20N2O4/c1-11(2)19-18(23)20-16(21)12(3)24-17(22)15-9-8-13-6-4-5-7-14(13)10-15/h4-12H,1-3H3,(H2,19,20,21,23). The van der Waals surface area contributed by atoms with Gasteiger partial charge in [0.1, 0.15) is 0 Å². The minimum absolute atomic E-state index is 0.103. The van der Waals surface area contributed by atoms with Gasteiger partial charge in [-0.1, -0.05) is 30.3 Å². The number of fused-ring (bicyclic) bond motifs is 1. The van der Waals surface area contributed by atoms with E-state index in [2.05, 4.69) is 10.6 Å². The molecular weight excluding hydrogens is 308 g/mol. The van der Waals surface area contributed by atoms with Gasteiger partial charge in [-0.25, -0.2) is 9.59 Å². The first kappa shape index (κ1) is 17.5. The molecule has 0 aromatic heterocycles. The van der Waals surface area contributed by atoms with E-state index >= 15 is 0 Å². The molecule has 0 saturated carbocycles. The molecule has 0 heterocycles. The Hall–Kier alpha value is -2.89. The molecule has 1 unspecified atom stereocenters. The highest BCUT2D eigenvalue weighted by Crippen LogP contribution is 2.16. The number of imide groups is 1. The summed E-state index contributed by atoms with van der Waals surface area (Å²) in [6, 6.07) is 12.0. The second kappa shape index (κ2) is 7.59. The van der Waals surface area contributed by atoms with Crippen molar-refractivity contribution in [3.8, 4) is 0 Å². The van der Waals surface area contributed by atoms with E-state index in [0.29, 0.717) is 5.56 Å². The van der Waals surface area contributed by atoms with Crippen LogP contribution in [0.25, 0.3) is 10.8 Å². The lowest BCUT2D eigenvalue weighted by Gasteiger charge is -2.14. The number of carbonyl (C=O) groups excluding carboxylic acids is 3. The van der Waals surface area contributed by atoms with Crippen LogP contribution in [0.15, 0.2) is 42.5 Å². The number of carbonyl (C=O) groups is 3. The van der Waals surface area contributed by atoms with Gasteiger partial charge in [-0.2, -0.15) is 0 Å². The number of esters is 1. The van der Waals surface area contributed by atoms with Gasteiger partial charge in [0.15, 0.2) is 6.10 Å². The monoisotopic (exact) mass is 328 g/mol. The number of rotatable bonds is 4. The van der Waals surface area contributed by atoms with Crippen LogP contribution in [-0.2, 0) is 9.53 Å². The largest absolute Gasteiger partial charge is 0.449 e. The maximum Gasteiger partial charge on any atom is 0.338 e. The molecule has 6 heteroatoms. The Balaban J connectivity index is 1.99. The molecule has 6 nitrogen and oxygen atoms in total. The zero-order chi connectivity index (χ0) is 17.7. The number of benzene rings is 2. The Morgan fingerprint density at radius 1 is 0.958 bits per heavy atom. The van der Waals surface area contributed by atoms with E-state index in [1.165, 1.54) is 6.92 Å². The van der Waals surface area contributed by atoms with Crippen LogP contribution in [0.1, 0.15) is 31.1 Å². The van der Waals surface area contributed by atoms with Crippen LogP contribution >= 0.6 is 0 Å². The highest BCUT2D eigenvalue weighted by atomic mass is 16.5. The van der Waals surface area contributed by atoms with E-state index in [1.54, 1.807) is 26.0 Å². The van der Waals surface area contributed by atoms with Crippen molar-refractivity contribution in [1.29, 1.82) is 0 Å². The average Bonchev–Trinajstić information content (AvgIpc) is 2.53. The SMILES string of the molecule is CC(C)NC(=O)NC(=O)C(C)OC(=O)c1ccc2ccccc2c1. The molecule has 3 amide bonds. The summed E-state index contributed by atoms with van der Waals surface area (Å²) in [5.74, 6) is -1.30. The van der Waals surface area contributed by atoms with Crippen LogP contribution in [0.4, 0.5) is 4.79 Å². The van der Waals surface area contributed by atoms with Gasteiger partial charge in [-0.15, -0.1) is 0 Å². The van der Waals surface area contributed by atoms with Crippen molar-refractivity contribution in [3.05, 3.63) is 48.0 Å². The summed E-state index contributed by atoms with van der Waals surface area (Å²) < 4.78 is 5.12. The number of hydrogen-bond acceptors (Lipinski definition) is 4. The number of urea groups is 1.